The number of aromatic nitrogens is 3. The highest BCUT2D eigenvalue weighted by atomic mass is 15.3. The van der Waals surface area contributed by atoms with Crippen LogP contribution in [0.1, 0.15) is 33.0 Å². The lowest BCUT2D eigenvalue weighted by Crippen LogP contribution is -2.56. The Labute approximate surface area is 111 Å². The third-order valence-electron chi connectivity index (χ3n) is 3.84. The average molecular weight is 253 g/mol. The second-order valence-corrected chi connectivity index (χ2v) is 5.56. The molecule has 0 spiro atoms. The van der Waals surface area contributed by atoms with Crippen molar-refractivity contribution in [3.8, 4) is 0 Å². The van der Waals surface area contributed by atoms with E-state index in [0.29, 0.717) is 6.04 Å². The predicted molar refractivity (Wildman–Crippen MR) is 74.6 cm³/mol. The maximum Gasteiger partial charge on any atom is 0.138 e. The molecule has 0 aliphatic rings. The molecule has 1 unspecified atom stereocenters. The first-order valence-electron chi connectivity index (χ1n) is 6.63. The van der Waals surface area contributed by atoms with Crippen molar-refractivity contribution >= 4 is 0 Å². The van der Waals surface area contributed by atoms with Gasteiger partial charge < -0.3 is 10.2 Å². The van der Waals surface area contributed by atoms with Gasteiger partial charge in [0.15, 0.2) is 0 Å². The summed E-state index contributed by atoms with van der Waals surface area (Å²) >= 11 is 0. The second kappa shape index (κ2) is 6.29. The first-order chi connectivity index (χ1) is 8.39. The van der Waals surface area contributed by atoms with Gasteiger partial charge in [0.05, 0.1) is 0 Å². The van der Waals surface area contributed by atoms with Crippen molar-refractivity contribution in [2.24, 2.45) is 7.05 Å². The fraction of sp³-hybridized carbons (Fsp3) is 0.846. The Morgan fingerprint density at radius 3 is 2.56 bits per heavy atom. The molecule has 18 heavy (non-hydrogen) atoms. The molecule has 5 heteroatoms. The Morgan fingerprint density at radius 1 is 1.44 bits per heavy atom. The van der Waals surface area contributed by atoms with E-state index >= 15 is 0 Å². The van der Waals surface area contributed by atoms with Crippen molar-refractivity contribution in [1.82, 2.24) is 25.0 Å². The first-order valence-corrected chi connectivity index (χ1v) is 6.63. The molecule has 0 saturated carbocycles. The van der Waals surface area contributed by atoms with Gasteiger partial charge in [0.2, 0.25) is 0 Å². The van der Waals surface area contributed by atoms with Crippen LogP contribution in [0.15, 0.2) is 6.33 Å². The summed E-state index contributed by atoms with van der Waals surface area (Å²) in [5.74, 6) is 1.03. The van der Waals surface area contributed by atoms with Crippen molar-refractivity contribution in [1.29, 1.82) is 0 Å². The Bertz CT molecular complexity index is 356. The normalized spacial score (nSPS) is 14.2. The van der Waals surface area contributed by atoms with Crippen molar-refractivity contribution < 1.29 is 0 Å². The largest absolute Gasteiger partial charge is 0.312 e. The van der Waals surface area contributed by atoms with Crippen LogP contribution in [0.4, 0.5) is 0 Å². The van der Waals surface area contributed by atoms with Crippen LogP contribution in [0.2, 0.25) is 0 Å². The summed E-state index contributed by atoms with van der Waals surface area (Å²) in [5, 5.41) is 7.77. The van der Waals surface area contributed by atoms with E-state index in [1.165, 1.54) is 0 Å². The number of rotatable bonds is 7. The molecule has 1 aromatic heterocycles. The van der Waals surface area contributed by atoms with E-state index in [1.807, 2.05) is 11.7 Å². The maximum atomic E-state index is 4.33. The third kappa shape index (κ3) is 3.53. The molecule has 1 aromatic rings. The number of aryl methyl sites for hydroxylation is 1. The molecular weight excluding hydrogens is 226 g/mol. The van der Waals surface area contributed by atoms with Crippen LogP contribution in [0.3, 0.4) is 0 Å². The summed E-state index contributed by atoms with van der Waals surface area (Å²) in [6.07, 6.45) is 3.65. The molecule has 0 saturated heterocycles. The van der Waals surface area contributed by atoms with Crippen molar-refractivity contribution in [2.75, 3.05) is 20.6 Å². The number of likely N-dealkylation sites (N-methyl/N-ethyl adjacent to an activating group) is 1. The molecule has 1 atom stereocenters. The molecule has 5 nitrogen and oxygen atoms in total. The zero-order chi connectivity index (χ0) is 13.8. The topological polar surface area (TPSA) is 46.0 Å². The summed E-state index contributed by atoms with van der Waals surface area (Å²) < 4.78 is 1.85. The van der Waals surface area contributed by atoms with Gasteiger partial charge in [-0.05, 0) is 40.9 Å². The highest BCUT2D eigenvalue weighted by Crippen LogP contribution is 2.18. The van der Waals surface area contributed by atoms with Gasteiger partial charge in [0.1, 0.15) is 12.2 Å². The third-order valence-corrected chi connectivity index (χ3v) is 3.84. The van der Waals surface area contributed by atoms with Gasteiger partial charge in [0.25, 0.3) is 0 Å². The Hall–Kier alpha value is -0.940. The van der Waals surface area contributed by atoms with Crippen LogP contribution in [0.5, 0.6) is 0 Å². The highest BCUT2D eigenvalue weighted by molar-refractivity contribution is 4.99. The molecule has 1 rings (SSSR count). The van der Waals surface area contributed by atoms with Crippen molar-refractivity contribution in [3.05, 3.63) is 12.2 Å². The molecule has 1 N–H and O–H groups in total. The summed E-state index contributed by atoms with van der Waals surface area (Å²) in [7, 11) is 6.19. The minimum atomic E-state index is 0.0706. The van der Waals surface area contributed by atoms with Gasteiger partial charge in [0, 0.05) is 25.0 Å². The standard InChI is InChI=1S/C13H27N5/c1-7-8-14-11(13(2,3)17(4)5)9-12-15-10-16-18(12)6/h10-11,14H,7-9H2,1-6H3. The van der Waals surface area contributed by atoms with Crippen LogP contribution >= 0.6 is 0 Å². The average Bonchev–Trinajstić information content (AvgIpc) is 2.69. The molecular formula is C13H27N5. The monoisotopic (exact) mass is 253 g/mol. The lowest BCUT2D eigenvalue weighted by atomic mass is 9.90. The van der Waals surface area contributed by atoms with E-state index in [1.54, 1.807) is 6.33 Å². The van der Waals surface area contributed by atoms with Crippen LogP contribution in [-0.4, -0.2) is 51.9 Å². The molecule has 0 aliphatic heterocycles. The zero-order valence-electron chi connectivity index (χ0n) is 12.6. The maximum absolute atomic E-state index is 4.33. The van der Waals surface area contributed by atoms with Gasteiger partial charge in [-0.2, -0.15) is 5.10 Å². The van der Waals surface area contributed by atoms with E-state index < -0.39 is 0 Å². The van der Waals surface area contributed by atoms with Gasteiger partial charge in [-0.1, -0.05) is 6.92 Å². The van der Waals surface area contributed by atoms with E-state index in [4.69, 9.17) is 0 Å². The molecule has 1 heterocycles. The minimum absolute atomic E-state index is 0.0706. The van der Waals surface area contributed by atoms with E-state index in [2.05, 4.69) is 55.2 Å². The minimum Gasteiger partial charge on any atom is -0.312 e. The smallest absolute Gasteiger partial charge is 0.138 e. The van der Waals surface area contributed by atoms with Crippen LogP contribution in [-0.2, 0) is 13.5 Å². The second-order valence-electron chi connectivity index (χ2n) is 5.56. The Morgan fingerprint density at radius 2 is 2.11 bits per heavy atom. The number of nitrogens with one attached hydrogen (secondary N) is 1. The zero-order valence-corrected chi connectivity index (χ0v) is 12.6. The highest BCUT2D eigenvalue weighted by Gasteiger charge is 2.32. The number of hydrogen-bond donors (Lipinski definition) is 1. The molecule has 0 amide bonds. The van der Waals surface area contributed by atoms with E-state index in [0.717, 1.165) is 25.2 Å². The van der Waals surface area contributed by atoms with Crippen molar-refractivity contribution in [2.45, 2.75) is 45.2 Å². The van der Waals surface area contributed by atoms with Gasteiger partial charge in [-0.15, -0.1) is 0 Å². The molecule has 0 bridgehead atoms. The van der Waals surface area contributed by atoms with Gasteiger partial charge in [-0.3, -0.25) is 4.68 Å². The Balaban J connectivity index is 2.82. The predicted octanol–water partition coefficient (Wildman–Crippen LogP) is 1.07. The molecule has 104 valence electrons. The summed E-state index contributed by atoms with van der Waals surface area (Å²) in [6.45, 7) is 7.74. The fourth-order valence-electron chi connectivity index (χ4n) is 1.89. The molecule has 0 fully saturated rings. The number of hydrogen-bond acceptors (Lipinski definition) is 4. The quantitative estimate of drug-likeness (QED) is 0.789. The summed E-state index contributed by atoms with van der Waals surface area (Å²) in [5.41, 5.74) is 0.0706. The lowest BCUT2D eigenvalue weighted by Gasteiger charge is -2.40. The summed E-state index contributed by atoms with van der Waals surface area (Å²) in [4.78, 5) is 6.59. The SMILES string of the molecule is CCCNC(Cc1ncnn1C)C(C)(C)N(C)C. The van der Waals surface area contributed by atoms with E-state index in [-0.39, 0.29) is 5.54 Å². The van der Waals surface area contributed by atoms with Crippen LogP contribution < -0.4 is 5.32 Å². The lowest BCUT2D eigenvalue weighted by molar-refractivity contribution is 0.135. The Kier molecular flexibility index (Phi) is 5.28. The van der Waals surface area contributed by atoms with Gasteiger partial charge >= 0.3 is 0 Å². The van der Waals surface area contributed by atoms with Crippen molar-refractivity contribution in [3.63, 3.8) is 0 Å². The van der Waals surface area contributed by atoms with Crippen LogP contribution in [0, 0.1) is 0 Å². The summed E-state index contributed by atoms with van der Waals surface area (Å²) in [6, 6.07) is 0.357. The fourth-order valence-corrected chi connectivity index (χ4v) is 1.89. The van der Waals surface area contributed by atoms with Gasteiger partial charge in [-0.25, -0.2) is 4.98 Å². The first kappa shape index (κ1) is 15.1. The molecule has 0 aromatic carbocycles. The number of nitrogens with zero attached hydrogens (tertiary/aromatic N) is 4. The van der Waals surface area contributed by atoms with Crippen LogP contribution in [0.25, 0.3) is 0 Å². The van der Waals surface area contributed by atoms with E-state index in [9.17, 15) is 0 Å². The molecule has 0 aliphatic carbocycles. The molecule has 0 radical (unpaired) electrons.